The zero-order valence-corrected chi connectivity index (χ0v) is 17.8. The SMILES string of the molecule is Cc1cc(S(=O)(=O)N2CCOCC2)ccc1OCC(=O)Nc1ccc(Br)cc1. The molecule has 1 aliphatic heterocycles. The van der Waals surface area contributed by atoms with Crippen LogP contribution in [0.4, 0.5) is 5.69 Å². The zero-order valence-electron chi connectivity index (χ0n) is 15.4. The lowest BCUT2D eigenvalue weighted by molar-refractivity contribution is -0.118. The molecular formula is C19H21BrN2O5S. The second kappa shape index (κ2) is 9.04. The Balaban J connectivity index is 1.62. The second-order valence-corrected chi connectivity index (χ2v) is 9.14. The van der Waals surface area contributed by atoms with Crippen molar-refractivity contribution < 1.29 is 22.7 Å². The van der Waals surface area contributed by atoms with Crippen molar-refractivity contribution in [2.75, 3.05) is 38.2 Å². The van der Waals surface area contributed by atoms with E-state index in [1.54, 1.807) is 31.2 Å². The number of benzene rings is 2. The van der Waals surface area contributed by atoms with E-state index in [1.807, 2.05) is 12.1 Å². The molecule has 1 heterocycles. The highest BCUT2D eigenvalue weighted by atomic mass is 79.9. The van der Waals surface area contributed by atoms with Crippen molar-refractivity contribution in [3.63, 3.8) is 0 Å². The summed E-state index contributed by atoms with van der Waals surface area (Å²) in [5, 5.41) is 2.74. The molecule has 2 aromatic rings. The number of aryl methyl sites for hydroxylation is 1. The average molecular weight is 469 g/mol. The molecular weight excluding hydrogens is 448 g/mol. The van der Waals surface area contributed by atoms with Gasteiger partial charge in [-0.1, -0.05) is 15.9 Å². The van der Waals surface area contributed by atoms with E-state index < -0.39 is 10.0 Å². The van der Waals surface area contributed by atoms with Crippen LogP contribution in [0.2, 0.25) is 0 Å². The fourth-order valence-corrected chi connectivity index (χ4v) is 4.51. The third-order valence-electron chi connectivity index (χ3n) is 4.24. The van der Waals surface area contributed by atoms with Crippen LogP contribution in [-0.4, -0.2) is 51.5 Å². The van der Waals surface area contributed by atoms with E-state index in [0.717, 1.165) is 4.47 Å². The Morgan fingerprint density at radius 3 is 2.50 bits per heavy atom. The number of morpholine rings is 1. The molecule has 2 aromatic carbocycles. The van der Waals surface area contributed by atoms with Crippen molar-refractivity contribution in [1.82, 2.24) is 4.31 Å². The number of halogens is 1. The molecule has 1 N–H and O–H groups in total. The number of carbonyl (C=O) groups excluding carboxylic acids is 1. The Labute approximate surface area is 172 Å². The number of nitrogens with one attached hydrogen (secondary N) is 1. The Morgan fingerprint density at radius 2 is 1.86 bits per heavy atom. The molecule has 28 heavy (non-hydrogen) atoms. The smallest absolute Gasteiger partial charge is 0.262 e. The van der Waals surface area contributed by atoms with Crippen molar-refractivity contribution in [3.8, 4) is 5.75 Å². The predicted octanol–water partition coefficient (Wildman–Crippen LogP) is 2.80. The first-order valence-electron chi connectivity index (χ1n) is 8.73. The summed E-state index contributed by atoms with van der Waals surface area (Å²) in [5.74, 6) is 0.165. The molecule has 0 bridgehead atoms. The van der Waals surface area contributed by atoms with E-state index in [1.165, 1.54) is 10.4 Å². The maximum atomic E-state index is 12.7. The van der Waals surface area contributed by atoms with E-state index in [-0.39, 0.29) is 17.4 Å². The maximum Gasteiger partial charge on any atom is 0.262 e. The number of nitrogens with zero attached hydrogens (tertiary/aromatic N) is 1. The number of sulfonamides is 1. The number of hydrogen-bond acceptors (Lipinski definition) is 5. The molecule has 3 rings (SSSR count). The third kappa shape index (κ3) is 5.11. The van der Waals surface area contributed by atoms with Crippen LogP contribution < -0.4 is 10.1 Å². The monoisotopic (exact) mass is 468 g/mol. The van der Waals surface area contributed by atoms with Gasteiger partial charge in [0.05, 0.1) is 18.1 Å². The van der Waals surface area contributed by atoms with Gasteiger partial charge in [-0.05, 0) is 55.0 Å². The Morgan fingerprint density at radius 1 is 1.18 bits per heavy atom. The quantitative estimate of drug-likeness (QED) is 0.704. The minimum Gasteiger partial charge on any atom is -0.483 e. The molecule has 0 radical (unpaired) electrons. The minimum absolute atomic E-state index is 0.174. The van der Waals surface area contributed by atoms with E-state index in [9.17, 15) is 13.2 Å². The van der Waals surface area contributed by atoms with Crippen molar-refractivity contribution in [1.29, 1.82) is 0 Å². The summed E-state index contributed by atoms with van der Waals surface area (Å²) in [7, 11) is -3.56. The molecule has 150 valence electrons. The lowest BCUT2D eigenvalue weighted by Gasteiger charge is -2.26. The molecule has 1 saturated heterocycles. The normalized spacial score (nSPS) is 15.2. The van der Waals surface area contributed by atoms with Crippen molar-refractivity contribution in [2.45, 2.75) is 11.8 Å². The lowest BCUT2D eigenvalue weighted by atomic mass is 10.2. The molecule has 0 atom stereocenters. The van der Waals surface area contributed by atoms with E-state index in [4.69, 9.17) is 9.47 Å². The number of amides is 1. The van der Waals surface area contributed by atoms with Gasteiger partial charge >= 0.3 is 0 Å². The van der Waals surface area contributed by atoms with Crippen LogP contribution in [0.15, 0.2) is 51.8 Å². The van der Waals surface area contributed by atoms with Gasteiger partial charge in [-0.2, -0.15) is 4.31 Å². The summed E-state index contributed by atoms with van der Waals surface area (Å²) in [6.07, 6.45) is 0. The summed E-state index contributed by atoms with van der Waals surface area (Å²) < 4.78 is 38.5. The number of carbonyl (C=O) groups is 1. The van der Waals surface area contributed by atoms with Gasteiger partial charge in [0.1, 0.15) is 5.75 Å². The summed E-state index contributed by atoms with van der Waals surface area (Å²) in [4.78, 5) is 12.3. The van der Waals surface area contributed by atoms with Crippen LogP contribution in [0.5, 0.6) is 5.75 Å². The third-order valence-corrected chi connectivity index (χ3v) is 6.66. The van der Waals surface area contributed by atoms with Gasteiger partial charge in [0, 0.05) is 23.2 Å². The van der Waals surface area contributed by atoms with E-state index in [2.05, 4.69) is 21.2 Å². The van der Waals surface area contributed by atoms with Gasteiger partial charge in [-0.15, -0.1) is 0 Å². The standard InChI is InChI=1S/C19H21BrN2O5S/c1-14-12-17(28(24,25)22-8-10-26-11-9-22)6-7-18(14)27-13-19(23)21-16-4-2-15(20)3-5-16/h2-7,12H,8-11,13H2,1H3,(H,21,23). The average Bonchev–Trinajstić information content (AvgIpc) is 2.69. The number of anilines is 1. The van der Waals surface area contributed by atoms with Gasteiger partial charge in [0.15, 0.2) is 6.61 Å². The van der Waals surface area contributed by atoms with Crippen molar-refractivity contribution in [3.05, 3.63) is 52.5 Å². The summed E-state index contributed by atoms with van der Waals surface area (Å²) in [5.41, 5.74) is 1.31. The van der Waals surface area contributed by atoms with Crippen LogP contribution in [0, 0.1) is 6.92 Å². The highest BCUT2D eigenvalue weighted by Gasteiger charge is 2.26. The largest absolute Gasteiger partial charge is 0.483 e. The number of hydrogen-bond donors (Lipinski definition) is 1. The first-order valence-corrected chi connectivity index (χ1v) is 11.0. The fourth-order valence-electron chi connectivity index (χ4n) is 2.75. The van der Waals surface area contributed by atoms with Gasteiger partial charge < -0.3 is 14.8 Å². The minimum atomic E-state index is -3.56. The van der Waals surface area contributed by atoms with Crippen LogP contribution in [0.1, 0.15) is 5.56 Å². The molecule has 0 aromatic heterocycles. The van der Waals surface area contributed by atoms with Crippen molar-refractivity contribution >= 4 is 37.5 Å². The van der Waals surface area contributed by atoms with E-state index >= 15 is 0 Å². The maximum absolute atomic E-state index is 12.7. The van der Waals surface area contributed by atoms with Crippen LogP contribution in [0.25, 0.3) is 0 Å². The van der Waals surface area contributed by atoms with Crippen LogP contribution in [0.3, 0.4) is 0 Å². The van der Waals surface area contributed by atoms with E-state index in [0.29, 0.717) is 43.3 Å². The topological polar surface area (TPSA) is 84.9 Å². The number of rotatable bonds is 6. The molecule has 1 fully saturated rings. The molecule has 0 saturated carbocycles. The lowest BCUT2D eigenvalue weighted by Crippen LogP contribution is -2.40. The first kappa shape index (κ1) is 20.8. The second-order valence-electron chi connectivity index (χ2n) is 6.29. The fraction of sp³-hybridized carbons (Fsp3) is 0.316. The molecule has 1 amide bonds. The molecule has 0 unspecified atom stereocenters. The summed E-state index contributed by atoms with van der Waals surface area (Å²) >= 11 is 3.34. The highest BCUT2D eigenvalue weighted by molar-refractivity contribution is 9.10. The predicted molar refractivity (Wildman–Crippen MR) is 109 cm³/mol. The van der Waals surface area contributed by atoms with Gasteiger partial charge in [-0.25, -0.2) is 8.42 Å². The Bertz CT molecular complexity index is 941. The van der Waals surface area contributed by atoms with Gasteiger partial charge in [0.25, 0.3) is 5.91 Å². The van der Waals surface area contributed by atoms with Crippen LogP contribution in [-0.2, 0) is 19.6 Å². The molecule has 9 heteroatoms. The molecule has 1 aliphatic rings. The Kier molecular flexibility index (Phi) is 6.71. The highest BCUT2D eigenvalue weighted by Crippen LogP contribution is 2.24. The molecule has 0 aliphatic carbocycles. The van der Waals surface area contributed by atoms with Crippen molar-refractivity contribution in [2.24, 2.45) is 0 Å². The summed E-state index contributed by atoms with van der Waals surface area (Å²) in [6, 6.07) is 11.8. The zero-order chi connectivity index (χ0) is 20.1. The first-order chi connectivity index (χ1) is 13.4. The van der Waals surface area contributed by atoms with Gasteiger partial charge in [0.2, 0.25) is 10.0 Å². The Hall–Kier alpha value is -1.94. The molecule has 7 nitrogen and oxygen atoms in total. The van der Waals surface area contributed by atoms with Crippen LogP contribution >= 0.6 is 15.9 Å². The molecule has 0 spiro atoms. The number of ether oxygens (including phenoxy) is 2. The summed E-state index contributed by atoms with van der Waals surface area (Å²) in [6.45, 7) is 3.05. The van der Waals surface area contributed by atoms with Gasteiger partial charge in [-0.3, -0.25) is 4.79 Å².